The normalized spacial score (nSPS) is 14.7. The van der Waals surface area contributed by atoms with E-state index in [0.717, 1.165) is 18.3 Å². The number of carbonyl (C=O) groups excluding carboxylic acids is 1. The van der Waals surface area contributed by atoms with Gasteiger partial charge in [-0.2, -0.15) is 13.2 Å². The van der Waals surface area contributed by atoms with Crippen LogP contribution in [0.1, 0.15) is 21.5 Å². The number of fused-ring (bicyclic) bond motifs is 1. The molecule has 0 heterocycles. The van der Waals surface area contributed by atoms with E-state index in [0.29, 0.717) is 11.1 Å². The molecule has 0 spiro atoms. The zero-order valence-electron chi connectivity index (χ0n) is 11.6. The minimum atomic E-state index is -4.47. The standard InChI is InChI=1S/C17H10F3NO2/c18-17(19,20)10-4-3-5-11(8-10)21-9-14-15(22)12-6-1-2-7-13(12)16(14)23/h1-9,22H. The molecule has 1 N–H and O–H groups in total. The van der Waals surface area contributed by atoms with Gasteiger partial charge in [0.2, 0.25) is 0 Å². The average molecular weight is 317 g/mol. The summed E-state index contributed by atoms with van der Waals surface area (Å²) >= 11 is 0. The number of Topliss-reactive ketones (excluding diaryl/α,β-unsaturated/α-hetero) is 1. The summed E-state index contributed by atoms with van der Waals surface area (Å²) in [5, 5.41) is 10.1. The largest absolute Gasteiger partial charge is 0.506 e. The van der Waals surface area contributed by atoms with E-state index < -0.39 is 17.5 Å². The third-order valence-electron chi connectivity index (χ3n) is 3.44. The Kier molecular flexibility index (Phi) is 3.52. The first-order chi connectivity index (χ1) is 10.9. The van der Waals surface area contributed by atoms with Gasteiger partial charge in [0, 0.05) is 17.3 Å². The van der Waals surface area contributed by atoms with Gasteiger partial charge in [0.05, 0.1) is 16.8 Å². The zero-order chi connectivity index (χ0) is 16.6. The van der Waals surface area contributed by atoms with Gasteiger partial charge in [0.25, 0.3) is 0 Å². The molecule has 2 aromatic carbocycles. The highest BCUT2D eigenvalue weighted by Crippen LogP contribution is 2.32. The molecule has 0 bridgehead atoms. The van der Waals surface area contributed by atoms with Crippen LogP contribution >= 0.6 is 0 Å². The van der Waals surface area contributed by atoms with E-state index in [1.54, 1.807) is 24.3 Å². The van der Waals surface area contributed by atoms with Crippen molar-refractivity contribution in [3.63, 3.8) is 0 Å². The lowest BCUT2D eigenvalue weighted by atomic mass is 10.1. The summed E-state index contributed by atoms with van der Waals surface area (Å²) in [6, 6.07) is 10.9. The Morgan fingerprint density at radius 2 is 1.70 bits per heavy atom. The Hall–Kier alpha value is -2.89. The quantitative estimate of drug-likeness (QED) is 0.825. The van der Waals surface area contributed by atoms with Crippen LogP contribution in [0.5, 0.6) is 0 Å². The topological polar surface area (TPSA) is 49.7 Å². The first-order valence-electron chi connectivity index (χ1n) is 6.66. The number of aliphatic imine (C=N–C) groups is 1. The van der Waals surface area contributed by atoms with Crippen molar-refractivity contribution in [1.29, 1.82) is 0 Å². The Balaban J connectivity index is 1.93. The highest BCUT2D eigenvalue weighted by atomic mass is 19.4. The van der Waals surface area contributed by atoms with Gasteiger partial charge < -0.3 is 5.11 Å². The minimum absolute atomic E-state index is 0.0383. The smallest absolute Gasteiger partial charge is 0.416 e. The number of hydrogen-bond donors (Lipinski definition) is 1. The molecule has 0 atom stereocenters. The molecule has 1 aliphatic rings. The average Bonchev–Trinajstić information content (AvgIpc) is 2.77. The Morgan fingerprint density at radius 3 is 2.35 bits per heavy atom. The van der Waals surface area contributed by atoms with Gasteiger partial charge >= 0.3 is 6.18 Å². The lowest BCUT2D eigenvalue weighted by Gasteiger charge is -2.06. The number of rotatable bonds is 2. The van der Waals surface area contributed by atoms with Crippen LogP contribution in [-0.2, 0) is 6.18 Å². The van der Waals surface area contributed by atoms with Crippen LogP contribution in [0.4, 0.5) is 18.9 Å². The van der Waals surface area contributed by atoms with Crippen molar-refractivity contribution in [2.75, 3.05) is 0 Å². The summed E-state index contributed by atoms with van der Waals surface area (Å²) in [6.07, 6.45) is -3.38. The highest BCUT2D eigenvalue weighted by Gasteiger charge is 2.30. The number of aliphatic hydroxyl groups is 1. The molecule has 0 radical (unpaired) electrons. The van der Waals surface area contributed by atoms with E-state index >= 15 is 0 Å². The lowest BCUT2D eigenvalue weighted by molar-refractivity contribution is -0.137. The molecule has 0 aliphatic heterocycles. The molecule has 23 heavy (non-hydrogen) atoms. The molecule has 1 aliphatic carbocycles. The summed E-state index contributed by atoms with van der Waals surface area (Å²) in [5.41, 5.74) is -0.0858. The van der Waals surface area contributed by atoms with Gasteiger partial charge in [-0.25, -0.2) is 0 Å². The maximum absolute atomic E-state index is 12.7. The maximum Gasteiger partial charge on any atom is 0.416 e. The molecule has 116 valence electrons. The van der Waals surface area contributed by atoms with Crippen molar-refractivity contribution < 1.29 is 23.1 Å². The SMILES string of the molecule is O=C1C(C=Nc2cccc(C(F)(F)F)c2)=C(O)c2ccccc21. The monoisotopic (exact) mass is 317 g/mol. The number of allylic oxidation sites excluding steroid dienone is 1. The number of aliphatic hydroxyl groups excluding tert-OH is 1. The molecule has 0 amide bonds. The molecular formula is C17H10F3NO2. The van der Waals surface area contributed by atoms with Crippen LogP contribution in [0, 0.1) is 0 Å². The van der Waals surface area contributed by atoms with Crippen molar-refractivity contribution in [3.8, 4) is 0 Å². The third-order valence-corrected chi connectivity index (χ3v) is 3.44. The van der Waals surface area contributed by atoms with Crippen LogP contribution in [0.15, 0.2) is 59.1 Å². The number of hydrogen-bond acceptors (Lipinski definition) is 3. The second kappa shape index (κ2) is 5.39. The number of halogens is 3. The van der Waals surface area contributed by atoms with Crippen molar-refractivity contribution >= 4 is 23.4 Å². The molecule has 0 saturated heterocycles. The van der Waals surface area contributed by atoms with Crippen molar-refractivity contribution in [2.45, 2.75) is 6.18 Å². The Bertz CT molecular complexity index is 851. The number of alkyl halides is 3. The van der Waals surface area contributed by atoms with Crippen LogP contribution < -0.4 is 0 Å². The van der Waals surface area contributed by atoms with E-state index in [1.807, 2.05) is 0 Å². The van der Waals surface area contributed by atoms with E-state index in [-0.39, 0.29) is 17.0 Å². The van der Waals surface area contributed by atoms with Gasteiger partial charge in [-0.05, 0) is 18.2 Å². The molecule has 0 fully saturated rings. The maximum atomic E-state index is 12.7. The number of nitrogens with zero attached hydrogens (tertiary/aromatic N) is 1. The fourth-order valence-electron chi connectivity index (χ4n) is 2.31. The molecule has 0 aromatic heterocycles. The zero-order valence-corrected chi connectivity index (χ0v) is 11.6. The van der Waals surface area contributed by atoms with Crippen molar-refractivity contribution in [1.82, 2.24) is 0 Å². The fourth-order valence-corrected chi connectivity index (χ4v) is 2.31. The predicted octanol–water partition coefficient (Wildman–Crippen LogP) is 4.57. The van der Waals surface area contributed by atoms with Crippen LogP contribution in [0.3, 0.4) is 0 Å². The Morgan fingerprint density at radius 1 is 1.00 bits per heavy atom. The number of ketones is 1. The highest BCUT2D eigenvalue weighted by molar-refractivity contribution is 6.30. The van der Waals surface area contributed by atoms with Crippen LogP contribution in [-0.4, -0.2) is 17.1 Å². The first-order valence-corrected chi connectivity index (χ1v) is 6.66. The summed E-state index contributed by atoms with van der Waals surface area (Å²) in [6.45, 7) is 0. The molecular weight excluding hydrogens is 307 g/mol. The van der Waals surface area contributed by atoms with E-state index in [9.17, 15) is 23.1 Å². The second-order valence-electron chi connectivity index (χ2n) is 4.94. The second-order valence-corrected chi connectivity index (χ2v) is 4.94. The summed E-state index contributed by atoms with van der Waals surface area (Å²) in [4.78, 5) is 16.0. The molecule has 2 aromatic rings. The van der Waals surface area contributed by atoms with Gasteiger partial charge in [-0.15, -0.1) is 0 Å². The molecule has 0 unspecified atom stereocenters. The molecule has 3 rings (SSSR count). The summed E-state index contributed by atoms with van der Waals surface area (Å²) in [5.74, 6) is -0.629. The van der Waals surface area contributed by atoms with Crippen LogP contribution in [0.2, 0.25) is 0 Å². The van der Waals surface area contributed by atoms with Crippen LogP contribution in [0.25, 0.3) is 5.76 Å². The molecule has 6 heteroatoms. The summed E-state index contributed by atoms with van der Waals surface area (Å²) in [7, 11) is 0. The Labute approximate surface area is 129 Å². The fraction of sp³-hybridized carbons (Fsp3) is 0.0588. The number of carbonyl (C=O) groups is 1. The van der Waals surface area contributed by atoms with E-state index in [1.165, 1.54) is 12.1 Å². The first kappa shape index (κ1) is 15.0. The van der Waals surface area contributed by atoms with Crippen molar-refractivity contribution in [2.24, 2.45) is 4.99 Å². The van der Waals surface area contributed by atoms with Crippen molar-refractivity contribution in [3.05, 3.63) is 70.8 Å². The minimum Gasteiger partial charge on any atom is -0.506 e. The molecule has 0 saturated carbocycles. The third kappa shape index (κ3) is 2.75. The predicted molar refractivity (Wildman–Crippen MR) is 79.9 cm³/mol. The van der Waals surface area contributed by atoms with Gasteiger partial charge in [-0.3, -0.25) is 9.79 Å². The lowest BCUT2D eigenvalue weighted by Crippen LogP contribution is -2.04. The van der Waals surface area contributed by atoms with Gasteiger partial charge in [-0.1, -0.05) is 30.3 Å². The van der Waals surface area contributed by atoms with E-state index in [2.05, 4.69) is 4.99 Å². The van der Waals surface area contributed by atoms with E-state index in [4.69, 9.17) is 0 Å². The van der Waals surface area contributed by atoms with Gasteiger partial charge in [0.1, 0.15) is 5.76 Å². The summed E-state index contributed by atoms with van der Waals surface area (Å²) < 4.78 is 38.0. The molecule has 3 nitrogen and oxygen atoms in total. The van der Waals surface area contributed by atoms with Gasteiger partial charge in [0.15, 0.2) is 5.78 Å². The number of benzene rings is 2.